The Morgan fingerprint density at radius 3 is 2.32 bits per heavy atom. The van der Waals surface area contributed by atoms with E-state index in [-0.39, 0.29) is 5.91 Å². The van der Waals surface area contributed by atoms with Gasteiger partial charge < -0.3 is 4.74 Å². The molecular formula is C22H21NO3S2. The zero-order valence-electron chi connectivity index (χ0n) is 16.2. The molecule has 0 N–H and O–H groups in total. The largest absolute Gasteiger partial charge is 0.465 e. The summed E-state index contributed by atoms with van der Waals surface area (Å²) in [4.78, 5) is 29.5. The summed E-state index contributed by atoms with van der Waals surface area (Å²) in [5.74, 6) is -0.744. The molecule has 1 aliphatic heterocycles. The molecule has 1 heterocycles. The molecule has 3 rings (SSSR count). The molecule has 2 aromatic carbocycles. The Morgan fingerprint density at radius 1 is 1.04 bits per heavy atom. The Labute approximate surface area is 173 Å². The minimum atomic E-state index is -0.513. The monoisotopic (exact) mass is 411 g/mol. The number of esters is 1. The summed E-state index contributed by atoms with van der Waals surface area (Å²) < 4.78 is 4.96. The molecule has 0 spiro atoms. The highest BCUT2D eigenvalue weighted by atomic mass is 32.2. The fourth-order valence-corrected chi connectivity index (χ4v) is 3.97. The van der Waals surface area contributed by atoms with Crippen molar-refractivity contribution in [1.29, 1.82) is 0 Å². The number of nitrogens with zero attached hydrogens (tertiary/aromatic N) is 1. The van der Waals surface area contributed by atoms with E-state index in [1.165, 1.54) is 7.11 Å². The number of rotatable bonds is 5. The summed E-state index contributed by atoms with van der Waals surface area (Å²) in [6.07, 6.45) is 5.74. The van der Waals surface area contributed by atoms with Gasteiger partial charge in [0.1, 0.15) is 0 Å². The highest BCUT2D eigenvalue weighted by molar-refractivity contribution is 7.98. The summed E-state index contributed by atoms with van der Waals surface area (Å²) in [5, 5.41) is 0. The molecule has 0 unspecified atom stereocenters. The van der Waals surface area contributed by atoms with Gasteiger partial charge in [-0.05, 0) is 61.4 Å². The SMILES string of the molecule is COC(=O)C1=C(C)N(c2cccc(SC)c2)C(=O)/C1=C\c1ccc(SC)cc1. The van der Waals surface area contributed by atoms with Crippen LogP contribution in [0.15, 0.2) is 75.2 Å². The first-order valence-corrected chi connectivity index (χ1v) is 11.1. The van der Waals surface area contributed by atoms with Gasteiger partial charge in [-0.1, -0.05) is 18.2 Å². The second-order valence-electron chi connectivity index (χ2n) is 6.13. The first-order chi connectivity index (χ1) is 13.5. The number of carbonyl (C=O) groups excluding carboxylic acids is 2. The predicted octanol–water partition coefficient (Wildman–Crippen LogP) is 5.01. The number of hydrogen-bond donors (Lipinski definition) is 0. The van der Waals surface area contributed by atoms with Crippen molar-refractivity contribution in [2.45, 2.75) is 16.7 Å². The molecule has 0 fully saturated rings. The van der Waals surface area contributed by atoms with Crippen molar-refractivity contribution >= 4 is 47.2 Å². The van der Waals surface area contributed by atoms with E-state index in [1.807, 2.05) is 61.0 Å². The third-order valence-corrected chi connectivity index (χ3v) is 6.00. The smallest absolute Gasteiger partial charge is 0.340 e. The normalized spacial score (nSPS) is 15.5. The standard InChI is InChI=1S/C22H21NO3S2/c1-14-20(22(25)26-2)19(12-15-8-10-17(27-3)11-9-15)21(24)23(14)16-6-5-7-18(13-16)28-4/h5-13H,1-4H3/b19-12-. The van der Waals surface area contributed by atoms with Crippen molar-refractivity contribution in [3.8, 4) is 0 Å². The molecule has 0 saturated carbocycles. The fraction of sp³-hybridized carbons (Fsp3) is 0.182. The fourth-order valence-electron chi connectivity index (χ4n) is 3.11. The lowest BCUT2D eigenvalue weighted by molar-refractivity contribution is -0.136. The lowest BCUT2D eigenvalue weighted by atomic mass is 10.0. The van der Waals surface area contributed by atoms with E-state index in [9.17, 15) is 9.59 Å². The average molecular weight is 412 g/mol. The Morgan fingerprint density at radius 2 is 1.71 bits per heavy atom. The van der Waals surface area contributed by atoms with Gasteiger partial charge in [-0.2, -0.15) is 0 Å². The van der Waals surface area contributed by atoms with Crippen LogP contribution in [0.3, 0.4) is 0 Å². The maximum Gasteiger partial charge on any atom is 0.340 e. The number of allylic oxidation sites excluding steroid dienone is 1. The van der Waals surface area contributed by atoms with Gasteiger partial charge in [0.25, 0.3) is 5.91 Å². The molecular weight excluding hydrogens is 390 g/mol. The second-order valence-corrected chi connectivity index (χ2v) is 7.88. The molecule has 6 heteroatoms. The summed E-state index contributed by atoms with van der Waals surface area (Å²) in [5.41, 5.74) is 2.81. The second kappa shape index (κ2) is 8.71. The number of anilines is 1. The van der Waals surface area contributed by atoms with Crippen molar-refractivity contribution in [1.82, 2.24) is 0 Å². The van der Waals surface area contributed by atoms with E-state index >= 15 is 0 Å². The Balaban J connectivity index is 2.10. The van der Waals surface area contributed by atoms with Gasteiger partial charge in [0.15, 0.2) is 0 Å². The number of methoxy groups -OCH3 is 1. The predicted molar refractivity (Wildman–Crippen MR) is 117 cm³/mol. The minimum absolute atomic E-state index is 0.231. The van der Waals surface area contributed by atoms with Crippen molar-refractivity contribution < 1.29 is 14.3 Å². The number of ether oxygens (including phenoxy) is 1. The van der Waals surface area contributed by atoms with Crippen LogP contribution in [0, 0.1) is 0 Å². The topological polar surface area (TPSA) is 46.6 Å². The third kappa shape index (κ3) is 3.88. The van der Waals surface area contributed by atoms with Crippen LogP contribution in [0.1, 0.15) is 12.5 Å². The maximum absolute atomic E-state index is 13.3. The highest BCUT2D eigenvalue weighted by Crippen LogP contribution is 2.36. The molecule has 144 valence electrons. The molecule has 4 nitrogen and oxygen atoms in total. The molecule has 28 heavy (non-hydrogen) atoms. The molecule has 2 aromatic rings. The Hall–Kier alpha value is -2.44. The zero-order valence-corrected chi connectivity index (χ0v) is 17.8. The van der Waals surface area contributed by atoms with Gasteiger partial charge in [0.05, 0.1) is 23.9 Å². The van der Waals surface area contributed by atoms with Crippen LogP contribution in [0.2, 0.25) is 0 Å². The van der Waals surface area contributed by atoms with Crippen LogP contribution in [0.5, 0.6) is 0 Å². The number of carbonyl (C=O) groups is 2. The molecule has 0 saturated heterocycles. The summed E-state index contributed by atoms with van der Waals surface area (Å²) in [6, 6.07) is 15.6. The number of amides is 1. The number of hydrogen-bond acceptors (Lipinski definition) is 5. The van der Waals surface area contributed by atoms with E-state index in [4.69, 9.17) is 4.74 Å². The highest BCUT2D eigenvalue weighted by Gasteiger charge is 2.37. The summed E-state index contributed by atoms with van der Waals surface area (Å²) >= 11 is 3.25. The lowest BCUT2D eigenvalue weighted by Crippen LogP contribution is -2.24. The molecule has 0 aromatic heterocycles. The van der Waals surface area contributed by atoms with Gasteiger partial charge in [-0.3, -0.25) is 9.69 Å². The van der Waals surface area contributed by atoms with Crippen LogP contribution in [0.4, 0.5) is 5.69 Å². The molecule has 0 aliphatic carbocycles. The van der Waals surface area contributed by atoms with E-state index < -0.39 is 5.97 Å². The van der Waals surface area contributed by atoms with Crippen LogP contribution in [0.25, 0.3) is 6.08 Å². The summed E-state index contributed by atoms with van der Waals surface area (Å²) in [6.45, 7) is 1.77. The van der Waals surface area contributed by atoms with Crippen molar-refractivity contribution in [2.75, 3.05) is 24.5 Å². The average Bonchev–Trinajstić information content (AvgIpc) is 2.97. The Kier molecular flexibility index (Phi) is 6.31. The van der Waals surface area contributed by atoms with Crippen LogP contribution < -0.4 is 4.90 Å². The number of thioether (sulfide) groups is 2. The third-order valence-electron chi connectivity index (χ3n) is 4.53. The van der Waals surface area contributed by atoms with E-state index in [0.29, 0.717) is 16.8 Å². The molecule has 0 radical (unpaired) electrons. The van der Waals surface area contributed by atoms with E-state index in [0.717, 1.165) is 21.0 Å². The summed E-state index contributed by atoms with van der Waals surface area (Å²) in [7, 11) is 1.33. The maximum atomic E-state index is 13.3. The van der Waals surface area contributed by atoms with E-state index in [1.54, 1.807) is 41.4 Å². The minimum Gasteiger partial charge on any atom is -0.465 e. The van der Waals surface area contributed by atoms with Crippen LogP contribution >= 0.6 is 23.5 Å². The van der Waals surface area contributed by atoms with Gasteiger partial charge in [-0.15, -0.1) is 23.5 Å². The first-order valence-electron chi connectivity index (χ1n) is 8.64. The Bertz CT molecular complexity index is 978. The van der Waals surface area contributed by atoms with Gasteiger partial charge in [-0.25, -0.2) is 4.79 Å². The lowest BCUT2D eigenvalue weighted by Gasteiger charge is -2.18. The van der Waals surface area contributed by atoms with Gasteiger partial charge >= 0.3 is 5.97 Å². The molecule has 0 atom stereocenters. The van der Waals surface area contributed by atoms with Crippen molar-refractivity contribution in [3.05, 3.63) is 70.9 Å². The quantitative estimate of drug-likeness (QED) is 0.393. The van der Waals surface area contributed by atoms with Crippen molar-refractivity contribution in [2.24, 2.45) is 0 Å². The van der Waals surface area contributed by atoms with Crippen LogP contribution in [-0.2, 0) is 14.3 Å². The van der Waals surface area contributed by atoms with Gasteiger partial charge in [0.2, 0.25) is 0 Å². The van der Waals surface area contributed by atoms with Gasteiger partial charge in [0, 0.05) is 15.5 Å². The van der Waals surface area contributed by atoms with E-state index in [2.05, 4.69) is 0 Å². The molecule has 0 bridgehead atoms. The molecule has 1 aliphatic rings. The first kappa shape index (κ1) is 20.3. The number of benzene rings is 2. The zero-order chi connectivity index (χ0) is 20.3. The molecule has 1 amide bonds. The van der Waals surface area contributed by atoms with Crippen LogP contribution in [-0.4, -0.2) is 31.5 Å². The van der Waals surface area contributed by atoms with Crippen molar-refractivity contribution in [3.63, 3.8) is 0 Å².